The highest BCUT2D eigenvalue weighted by Crippen LogP contribution is 2.48. The number of thiophene rings is 1. The predicted molar refractivity (Wildman–Crippen MR) is 181 cm³/mol. The van der Waals surface area contributed by atoms with Crippen LogP contribution in [0.2, 0.25) is 0 Å². The Morgan fingerprint density at radius 1 is 0.317 bits per heavy atom. The molecule has 0 spiro atoms. The molecule has 188 valence electrons. The minimum atomic E-state index is 1.28. The van der Waals surface area contributed by atoms with E-state index in [1.165, 1.54) is 95.9 Å². The fourth-order valence-corrected chi connectivity index (χ4v) is 8.79. The molecule has 0 unspecified atom stereocenters. The fraction of sp³-hybridized carbons (Fsp3) is 0. The molecule has 9 aromatic carbocycles. The van der Waals surface area contributed by atoms with Gasteiger partial charge in [0.05, 0.1) is 0 Å². The number of hydrogen-bond acceptors (Lipinski definition) is 1. The Morgan fingerprint density at radius 2 is 0.805 bits per heavy atom. The van der Waals surface area contributed by atoms with E-state index in [4.69, 9.17) is 0 Å². The summed E-state index contributed by atoms with van der Waals surface area (Å²) in [6.07, 6.45) is 0. The van der Waals surface area contributed by atoms with Gasteiger partial charge in [0.2, 0.25) is 0 Å². The molecule has 0 amide bonds. The molecule has 0 saturated carbocycles. The molecule has 0 aliphatic carbocycles. The van der Waals surface area contributed by atoms with Crippen molar-refractivity contribution >= 4 is 96.1 Å². The van der Waals surface area contributed by atoms with Gasteiger partial charge >= 0.3 is 0 Å². The van der Waals surface area contributed by atoms with E-state index in [-0.39, 0.29) is 0 Å². The van der Waals surface area contributed by atoms with Crippen molar-refractivity contribution in [2.24, 2.45) is 0 Å². The van der Waals surface area contributed by atoms with Gasteiger partial charge in [0.15, 0.2) is 0 Å². The molecule has 0 bridgehead atoms. The largest absolute Gasteiger partial charge is 0.134 e. The van der Waals surface area contributed by atoms with Gasteiger partial charge in [0.1, 0.15) is 0 Å². The van der Waals surface area contributed by atoms with Crippen molar-refractivity contribution in [3.8, 4) is 11.1 Å². The average Bonchev–Trinajstić information content (AvgIpc) is 3.44. The molecule has 1 heteroatoms. The highest BCUT2D eigenvalue weighted by atomic mass is 32.1. The lowest BCUT2D eigenvalue weighted by Gasteiger charge is -2.19. The first-order chi connectivity index (χ1) is 20.3. The van der Waals surface area contributed by atoms with Gasteiger partial charge in [-0.3, -0.25) is 0 Å². The molecule has 0 N–H and O–H groups in total. The molecule has 1 heterocycles. The van der Waals surface area contributed by atoms with E-state index >= 15 is 0 Å². The summed E-state index contributed by atoms with van der Waals surface area (Å²) in [5.74, 6) is 0. The van der Waals surface area contributed by atoms with Crippen LogP contribution in [0.1, 0.15) is 0 Å². The van der Waals surface area contributed by atoms with Crippen molar-refractivity contribution in [3.63, 3.8) is 0 Å². The molecule has 10 aromatic rings. The van der Waals surface area contributed by atoms with Crippen molar-refractivity contribution in [1.29, 1.82) is 0 Å². The second kappa shape index (κ2) is 7.81. The highest BCUT2D eigenvalue weighted by Gasteiger charge is 2.19. The van der Waals surface area contributed by atoms with Crippen LogP contribution in [0.3, 0.4) is 0 Å². The summed E-state index contributed by atoms with van der Waals surface area (Å²) in [5.41, 5.74) is 2.60. The molecule has 0 nitrogen and oxygen atoms in total. The van der Waals surface area contributed by atoms with Crippen molar-refractivity contribution in [2.45, 2.75) is 0 Å². The first-order valence-corrected chi connectivity index (χ1v) is 15.0. The molecule has 41 heavy (non-hydrogen) atoms. The second-order valence-corrected chi connectivity index (χ2v) is 12.2. The number of benzene rings is 9. The van der Waals surface area contributed by atoms with E-state index in [1.807, 2.05) is 11.3 Å². The summed E-state index contributed by atoms with van der Waals surface area (Å²) < 4.78 is 2.74. The summed E-state index contributed by atoms with van der Waals surface area (Å²) in [6, 6.07) is 49.8. The van der Waals surface area contributed by atoms with Gasteiger partial charge in [-0.1, -0.05) is 121 Å². The Balaban J connectivity index is 1.42. The Bertz CT molecular complexity index is 2590. The Morgan fingerprint density at radius 3 is 1.49 bits per heavy atom. The van der Waals surface area contributed by atoms with E-state index in [0.717, 1.165) is 0 Å². The lowest BCUT2D eigenvalue weighted by molar-refractivity contribution is 1.75. The summed E-state index contributed by atoms with van der Waals surface area (Å²) in [6.45, 7) is 0. The molecule has 0 saturated heterocycles. The molecule has 0 fully saturated rings. The van der Waals surface area contributed by atoms with E-state index in [2.05, 4.69) is 133 Å². The minimum Gasteiger partial charge on any atom is -0.134 e. The molecule has 0 atom stereocenters. The average molecular weight is 535 g/mol. The van der Waals surface area contributed by atoms with Crippen LogP contribution in [0, 0.1) is 0 Å². The van der Waals surface area contributed by atoms with E-state index < -0.39 is 0 Å². The van der Waals surface area contributed by atoms with Gasteiger partial charge in [0.25, 0.3) is 0 Å². The van der Waals surface area contributed by atoms with Gasteiger partial charge in [-0.15, -0.1) is 11.3 Å². The van der Waals surface area contributed by atoms with Crippen LogP contribution in [0.5, 0.6) is 0 Å². The predicted octanol–water partition coefficient (Wildman–Crippen LogP) is 12.1. The fourth-order valence-electron chi connectivity index (χ4n) is 7.42. The molecule has 0 aliphatic rings. The summed E-state index contributed by atoms with van der Waals surface area (Å²) in [7, 11) is 0. The molecule has 0 aliphatic heterocycles. The minimum absolute atomic E-state index is 1.28. The van der Waals surface area contributed by atoms with Crippen LogP contribution in [0.25, 0.3) is 95.9 Å². The summed E-state index contributed by atoms with van der Waals surface area (Å²) >= 11 is 1.94. The van der Waals surface area contributed by atoms with Crippen molar-refractivity contribution < 1.29 is 0 Å². The zero-order chi connectivity index (χ0) is 26.7. The molecular weight excluding hydrogens is 513 g/mol. The van der Waals surface area contributed by atoms with Crippen LogP contribution in [-0.2, 0) is 0 Å². The zero-order valence-corrected chi connectivity index (χ0v) is 22.9. The third-order valence-corrected chi connectivity index (χ3v) is 10.5. The van der Waals surface area contributed by atoms with Crippen molar-refractivity contribution in [3.05, 3.63) is 133 Å². The Hall–Kier alpha value is -4.98. The smallest absolute Gasteiger partial charge is 0.0434 e. The van der Waals surface area contributed by atoms with Crippen LogP contribution in [0.15, 0.2) is 133 Å². The highest BCUT2D eigenvalue weighted by molar-refractivity contribution is 7.27. The topological polar surface area (TPSA) is 0 Å². The second-order valence-electron chi connectivity index (χ2n) is 11.2. The SMILES string of the molecule is c1ccc2c(c1)ccc1c3cccc(-c4cc5c6ccccc6c6cccc7c8ccccc8c(c4)c5c67)c3sc21. The van der Waals surface area contributed by atoms with Crippen LogP contribution < -0.4 is 0 Å². The van der Waals surface area contributed by atoms with E-state index in [1.54, 1.807) is 0 Å². The first-order valence-electron chi connectivity index (χ1n) is 14.2. The molecule has 1 aromatic heterocycles. The van der Waals surface area contributed by atoms with Crippen LogP contribution in [0.4, 0.5) is 0 Å². The standard InChI is InChI=1S/C40H22S/c1-2-10-25-23(9-1)19-20-34-33-18-7-15-26(40(33)41-39(25)34)24-21-35-29-13-5-3-11-27(29)31-16-8-17-32-28-12-4-6-14-30(28)36(22-24)38(35)37(31)32/h1-22H. The lowest BCUT2D eigenvalue weighted by atomic mass is 9.84. The van der Waals surface area contributed by atoms with Gasteiger partial charge in [0, 0.05) is 20.2 Å². The number of hydrogen-bond donors (Lipinski definition) is 0. The maximum atomic E-state index is 2.46. The molecular formula is C40H22S. The summed E-state index contributed by atoms with van der Waals surface area (Å²) in [5, 5.41) is 18.7. The van der Waals surface area contributed by atoms with Crippen LogP contribution >= 0.6 is 11.3 Å². The third kappa shape index (κ3) is 2.79. The Kier molecular flexibility index (Phi) is 4.15. The van der Waals surface area contributed by atoms with E-state index in [9.17, 15) is 0 Å². The number of fused-ring (bicyclic) bond motifs is 11. The lowest BCUT2D eigenvalue weighted by Crippen LogP contribution is -1.91. The normalized spacial score (nSPS) is 12.4. The molecule has 10 rings (SSSR count). The quantitative estimate of drug-likeness (QED) is 0.145. The number of rotatable bonds is 1. The van der Waals surface area contributed by atoms with Crippen molar-refractivity contribution in [2.75, 3.05) is 0 Å². The van der Waals surface area contributed by atoms with Gasteiger partial charge in [-0.05, 0) is 87.9 Å². The van der Waals surface area contributed by atoms with Gasteiger partial charge < -0.3 is 0 Å². The van der Waals surface area contributed by atoms with Gasteiger partial charge in [-0.2, -0.15) is 0 Å². The van der Waals surface area contributed by atoms with Crippen LogP contribution in [-0.4, -0.2) is 0 Å². The monoisotopic (exact) mass is 534 g/mol. The first kappa shape index (κ1) is 21.8. The summed E-state index contributed by atoms with van der Waals surface area (Å²) in [4.78, 5) is 0. The zero-order valence-electron chi connectivity index (χ0n) is 22.1. The van der Waals surface area contributed by atoms with Crippen molar-refractivity contribution in [1.82, 2.24) is 0 Å². The van der Waals surface area contributed by atoms with E-state index in [0.29, 0.717) is 0 Å². The van der Waals surface area contributed by atoms with Gasteiger partial charge in [-0.25, -0.2) is 0 Å². The molecule has 0 radical (unpaired) electrons. The maximum Gasteiger partial charge on any atom is 0.0434 e. The third-order valence-electron chi connectivity index (χ3n) is 9.17. The Labute approximate surface area is 240 Å². The maximum absolute atomic E-state index is 2.46.